The Morgan fingerprint density at radius 3 is 2.38 bits per heavy atom. The molecule has 0 aliphatic heterocycles. The highest BCUT2D eigenvalue weighted by atomic mass is 16.5. The molecule has 0 spiro atoms. The van der Waals surface area contributed by atoms with Gasteiger partial charge in [0.05, 0.1) is 12.8 Å². The summed E-state index contributed by atoms with van der Waals surface area (Å²) in [6, 6.07) is 5.59. The Morgan fingerprint density at radius 1 is 1.31 bits per heavy atom. The molecule has 0 amide bonds. The van der Waals surface area contributed by atoms with Crippen molar-refractivity contribution in [2.45, 2.75) is 19.4 Å². The lowest BCUT2D eigenvalue weighted by atomic mass is 9.95. The van der Waals surface area contributed by atoms with E-state index in [1.165, 1.54) is 0 Å². The van der Waals surface area contributed by atoms with E-state index < -0.39 is 0 Å². The number of nitrogens with two attached hydrogens (primary N) is 2. The van der Waals surface area contributed by atoms with Gasteiger partial charge >= 0.3 is 0 Å². The summed E-state index contributed by atoms with van der Waals surface area (Å²) in [5, 5.41) is 0. The van der Waals surface area contributed by atoms with Gasteiger partial charge in [-0.2, -0.15) is 0 Å². The molecule has 1 aromatic rings. The summed E-state index contributed by atoms with van der Waals surface area (Å²) in [4.78, 5) is 0. The third-order valence-electron chi connectivity index (χ3n) is 1.98. The number of hydrogen-bond donors (Lipinski definition) is 2. The van der Waals surface area contributed by atoms with Crippen molar-refractivity contribution in [3.8, 4) is 5.75 Å². The molecule has 3 nitrogen and oxygen atoms in total. The SMILES string of the molecule is COc1cc(C(C)(C)N)ccc1N. The van der Waals surface area contributed by atoms with Crippen molar-refractivity contribution in [2.75, 3.05) is 12.8 Å². The largest absolute Gasteiger partial charge is 0.495 e. The number of anilines is 1. The van der Waals surface area contributed by atoms with Gasteiger partial charge in [-0.25, -0.2) is 0 Å². The molecule has 0 aromatic heterocycles. The molecule has 0 atom stereocenters. The van der Waals surface area contributed by atoms with Crippen LogP contribution in [-0.2, 0) is 5.54 Å². The van der Waals surface area contributed by atoms with Crippen LogP contribution in [-0.4, -0.2) is 7.11 Å². The van der Waals surface area contributed by atoms with E-state index in [2.05, 4.69) is 0 Å². The van der Waals surface area contributed by atoms with Gasteiger partial charge < -0.3 is 16.2 Å². The standard InChI is InChI=1S/C10H16N2O/c1-10(2,12)7-4-5-8(11)9(6-7)13-3/h4-6H,11-12H2,1-3H3. The Kier molecular flexibility index (Phi) is 2.48. The maximum atomic E-state index is 5.93. The minimum Gasteiger partial charge on any atom is -0.495 e. The molecule has 1 rings (SSSR count). The second-order valence-electron chi connectivity index (χ2n) is 3.68. The molecular weight excluding hydrogens is 164 g/mol. The smallest absolute Gasteiger partial charge is 0.142 e. The zero-order valence-electron chi connectivity index (χ0n) is 8.29. The number of rotatable bonds is 2. The average molecular weight is 180 g/mol. The Bertz CT molecular complexity index is 302. The van der Waals surface area contributed by atoms with Gasteiger partial charge in [-0.05, 0) is 31.5 Å². The van der Waals surface area contributed by atoms with Crippen LogP contribution in [0.2, 0.25) is 0 Å². The van der Waals surface area contributed by atoms with Crippen molar-refractivity contribution in [3.05, 3.63) is 23.8 Å². The maximum absolute atomic E-state index is 5.93. The molecule has 0 saturated heterocycles. The lowest BCUT2D eigenvalue weighted by Gasteiger charge is -2.20. The van der Waals surface area contributed by atoms with Crippen LogP contribution in [0.15, 0.2) is 18.2 Å². The Balaban J connectivity index is 3.14. The number of benzene rings is 1. The lowest BCUT2D eigenvalue weighted by Crippen LogP contribution is -2.28. The number of hydrogen-bond acceptors (Lipinski definition) is 3. The first kappa shape index (κ1) is 9.86. The van der Waals surface area contributed by atoms with E-state index in [4.69, 9.17) is 16.2 Å². The summed E-state index contributed by atoms with van der Waals surface area (Å²) in [5.74, 6) is 0.677. The third-order valence-corrected chi connectivity index (χ3v) is 1.98. The number of nitrogen functional groups attached to an aromatic ring is 1. The van der Waals surface area contributed by atoms with Gasteiger partial charge in [0, 0.05) is 5.54 Å². The quantitative estimate of drug-likeness (QED) is 0.677. The molecule has 0 unspecified atom stereocenters. The molecule has 0 aliphatic rings. The predicted octanol–water partition coefficient (Wildman–Crippen LogP) is 1.47. The second kappa shape index (κ2) is 3.26. The predicted molar refractivity (Wildman–Crippen MR) is 54.6 cm³/mol. The van der Waals surface area contributed by atoms with Gasteiger partial charge in [0.1, 0.15) is 5.75 Å². The Hall–Kier alpha value is -1.22. The molecule has 0 aliphatic carbocycles. The summed E-state index contributed by atoms with van der Waals surface area (Å²) in [6.45, 7) is 3.88. The molecule has 3 heteroatoms. The fourth-order valence-corrected chi connectivity index (χ4v) is 1.11. The topological polar surface area (TPSA) is 61.3 Å². The van der Waals surface area contributed by atoms with E-state index in [1.54, 1.807) is 7.11 Å². The van der Waals surface area contributed by atoms with Crippen LogP contribution < -0.4 is 16.2 Å². The first-order valence-electron chi connectivity index (χ1n) is 4.18. The van der Waals surface area contributed by atoms with Gasteiger partial charge in [-0.3, -0.25) is 0 Å². The molecule has 0 radical (unpaired) electrons. The molecule has 4 N–H and O–H groups in total. The van der Waals surface area contributed by atoms with Crippen LogP contribution in [0.1, 0.15) is 19.4 Å². The zero-order chi connectivity index (χ0) is 10.1. The van der Waals surface area contributed by atoms with Crippen LogP contribution in [0.4, 0.5) is 5.69 Å². The lowest BCUT2D eigenvalue weighted by molar-refractivity contribution is 0.414. The Labute approximate surface area is 78.7 Å². The molecule has 0 fully saturated rings. The minimum atomic E-state index is -0.360. The van der Waals surface area contributed by atoms with E-state index in [0.29, 0.717) is 11.4 Å². The minimum absolute atomic E-state index is 0.360. The van der Waals surface area contributed by atoms with Crippen molar-refractivity contribution < 1.29 is 4.74 Å². The van der Waals surface area contributed by atoms with Crippen molar-refractivity contribution in [3.63, 3.8) is 0 Å². The molecule has 72 valence electrons. The molecule has 13 heavy (non-hydrogen) atoms. The number of methoxy groups -OCH3 is 1. The van der Waals surface area contributed by atoms with Crippen molar-refractivity contribution >= 4 is 5.69 Å². The highest BCUT2D eigenvalue weighted by Crippen LogP contribution is 2.26. The summed E-state index contributed by atoms with van der Waals surface area (Å²) < 4.78 is 5.10. The van der Waals surface area contributed by atoms with Crippen molar-refractivity contribution in [2.24, 2.45) is 5.73 Å². The van der Waals surface area contributed by atoms with Gasteiger partial charge in [0.25, 0.3) is 0 Å². The van der Waals surface area contributed by atoms with Gasteiger partial charge in [0.2, 0.25) is 0 Å². The first-order valence-corrected chi connectivity index (χ1v) is 4.18. The molecule has 0 saturated carbocycles. The summed E-state index contributed by atoms with van der Waals surface area (Å²) >= 11 is 0. The van der Waals surface area contributed by atoms with E-state index >= 15 is 0 Å². The fourth-order valence-electron chi connectivity index (χ4n) is 1.11. The fraction of sp³-hybridized carbons (Fsp3) is 0.400. The average Bonchev–Trinajstić information content (AvgIpc) is 2.03. The number of ether oxygens (including phenoxy) is 1. The molecule has 0 bridgehead atoms. The van der Waals surface area contributed by atoms with Crippen molar-refractivity contribution in [1.29, 1.82) is 0 Å². The molecular formula is C10H16N2O. The monoisotopic (exact) mass is 180 g/mol. The summed E-state index contributed by atoms with van der Waals surface area (Å²) in [5.41, 5.74) is 12.9. The molecule has 1 aromatic carbocycles. The van der Waals surface area contributed by atoms with E-state index in [-0.39, 0.29) is 5.54 Å². The maximum Gasteiger partial charge on any atom is 0.142 e. The summed E-state index contributed by atoms with van der Waals surface area (Å²) in [7, 11) is 1.60. The summed E-state index contributed by atoms with van der Waals surface area (Å²) in [6.07, 6.45) is 0. The third kappa shape index (κ3) is 2.12. The van der Waals surface area contributed by atoms with Crippen LogP contribution in [0.25, 0.3) is 0 Å². The second-order valence-corrected chi connectivity index (χ2v) is 3.68. The first-order chi connectivity index (χ1) is 5.95. The van der Waals surface area contributed by atoms with Gasteiger partial charge in [0.15, 0.2) is 0 Å². The van der Waals surface area contributed by atoms with Crippen LogP contribution in [0.5, 0.6) is 5.75 Å². The van der Waals surface area contributed by atoms with E-state index in [9.17, 15) is 0 Å². The van der Waals surface area contributed by atoms with E-state index in [1.807, 2.05) is 32.0 Å². The van der Waals surface area contributed by atoms with Crippen LogP contribution in [0.3, 0.4) is 0 Å². The van der Waals surface area contributed by atoms with Gasteiger partial charge in [-0.15, -0.1) is 0 Å². The van der Waals surface area contributed by atoms with Crippen molar-refractivity contribution in [1.82, 2.24) is 0 Å². The highest BCUT2D eigenvalue weighted by Gasteiger charge is 2.15. The van der Waals surface area contributed by atoms with E-state index in [0.717, 1.165) is 5.56 Å². The normalized spacial score (nSPS) is 11.4. The van der Waals surface area contributed by atoms with Crippen LogP contribution in [0, 0.1) is 0 Å². The molecule has 0 heterocycles. The highest BCUT2D eigenvalue weighted by molar-refractivity contribution is 5.54. The zero-order valence-corrected chi connectivity index (χ0v) is 8.29. The Morgan fingerprint density at radius 2 is 1.92 bits per heavy atom. The van der Waals surface area contributed by atoms with Crippen LogP contribution >= 0.6 is 0 Å². The van der Waals surface area contributed by atoms with Gasteiger partial charge in [-0.1, -0.05) is 6.07 Å².